The number of hydrogen-bond acceptors (Lipinski definition) is 5. The maximum absolute atomic E-state index is 12.2. The molecule has 0 fully saturated rings. The predicted octanol–water partition coefficient (Wildman–Crippen LogP) is 3.73. The molecule has 0 aliphatic rings. The highest BCUT2D eigenvalue weighted by Crippen LogP contribution is 2.26. The summed E-state index contributed by atoms with van der Waals surface area (Å²) in [5.74, 6) is 1.72. The SMILES string of the molecule is Cc1cccc(NC(=O)CSc2nnc(-c3ccoc3C)n2C)c1C. The summed E-state index contributed by atoms with van der Waals surface area (Å²) in [5.41, 5.74) is 3.98. The zero-order chi connectivity index (χ0) is 18.0. The lowest BCUT2D eigenvalue weighted by atomic mass is 10.1. The van der Waals surface area contributed by atoms with E-state index >= 15 is 0 Å². The maximum Gasteiger partial charge on any atom is 0.234 e. The van der Waals surface area contributed by atoms with Crippen LogP contribution in [0.2, 0.25) is 0 Å². The number of carbonyl (C=O) groups is 1. The molecule has 6 nitrogen and oxygen atoms in total. The Morgan fingerprint density at radius 3 is 2.76 bits per heavy atom. The van der Waals surface area contributed by atoms with Crippen LogP contribution < -0.4 is 5.32 Å². The summed E-state index contributed by atoms with van der Waals surface area (Å²) < 4.78 is 7.19. The molecule has 0 radical (unpaired) electrons. The fraction of sp³-hybridized carbons (Fsp3) is 0.278. The van der Waals surface area contributed by atoms with E-state index in [0.29, 0.717) is 5.16 Å². The van der Waals surface area contributed by atoms with Crippen LogP contribution in [0.3, 0.4) is 0 Å². The fourth-order valence-electron chi connectivity index (χ4n) is 2.49. The number of rotatable bonds is 5. The first kappa shape index (κ1) is 17.3. The zero-order valence-electron chi connectivity index (χ0n) is 14.7. The first-order valence-corrected chi connectivity index (χ1v) is 8.88. The Hall–Kier alpha value is -2.54. The molecule has 7 heteroatoms. The molecule has 0 saturated carbocycles. The molecule has 2 heterocycles. The van der Waals surface area contributed by atoms with Crippen molar-refractivity contribution in [2.24, 2.45) is 7.05 Å². The number of nitrogens with one attached hydrogen (secondary N) is 1. The number of furan rings is 1. The van der Waals surface area contributed by atoms with Gasteiger partial charge in [0.05, 0.1) is 17.6 Å². The Morgan fingerprint density at radius 2 is 2.04 bits per heavy atom. The van der Waals surface area contributed by atoms with Crippen LogP contribution in [-0.2, 0) is 11.8 Å². The van der Waals surface area contributed by atoms with E-state index in [1.807, 2.05) is 56.7 Å². The number of thioether (sulfide) groups is 1. The van der Waals surface area contributed by atoms with Crippen molar-refractivity contribution in [3.8, 4) is 11.4 Å². The summed E-state index contributed by atoms with van der Waals surface area (Å²) in [5, 5.41) is 12.0. The van der Waals surface area contributed by atoms with Crippen LogP contribution in [0, 0.1) is 20.8 Å². The van der Waals surface area contributed by atoms with Crippen LogP contribution in [0.25, 0.3) is 11.4 Å². The highest BCUT2D eigenvalue weighted by molar-refractivity contribution is 7.99. The summed E-state index contributed by atoms with van der Waals surface area (Å²) in [7, 11) is 1.88. The molecule has 1 N–H and O–H groups in total. The highest BCUT2D eigenvalue weighted by Gasteiger charge is 2.16. The average Bonchev–Trinajstić information content (AvgIpc) is 3.15. The predicted molar refractivity (Wildman–Crippen MR) is 98.7 cm³/mol. The van der Waals surface area contributed by atoms with E-state index in [0.717, 1.165) is 34.0 Å². The maximum atomic E-state index is 12.2. The molecule has 0 aliphatic carbocycles. The number of amides is 1. The van der Waals surface area contributed by atoms with Crippen molar-refractivity contribution in [2.75, 3.05) is 11.1 Å². The number of carbonyl (C=O) groups excluding carboxylic acids is 1. The molecule has 2 aromatic heterocycles. The van der Waals surface area contributed by atoms with Gasteiger partial charge in [-0.1, -0.05) is 23.9 Å². The molecule has 1 aromatic carbocycles. The summed E-state index contributed by atoms with van der Waals surface area (Å²) in [6.45, 7) is 5.91. The van der Waals surface area contributed by atoms with Gasteiger partial charge >= 0.3 is 0 Å². The van der Waals surface area contributed by atoms with Crippen molar-refractivity contribution < 1.29 is 9.21 Å². The van der Waals surface area contributed by atoms with Crippen molar-refractivity contribution in [1.29, 1.82) is 0 Å². The van der Waals surface area contributed by atoms with Gasteiger partial charge in [0, 0.05) is 12.7 Å². The van der Waals surface area contributed by atoms with Gasteiger partial charge in [-0.3, -0.25) is 4.79 Å². The molecule has 0 saturated heterocycles. The standard InChI is InChI=1S/C18H20N4O2S/c1-11-6-5-7-15(12(11)2)19-16(23)10-25-18-21-20-17(22(18)4)14-8-9-24-13(14)3/h5-9H,10H2,1-4H3,(H,19,23). The van der Waals surface area contributed by atoms with Gasteiger partial charge in [0.15, 0.2) is 11.0 Å². The van der Waals surface area contributed by atoms with Crippen LogP contribution in [0.4, 0.5) is 5.69 Å². The Labute approximate surface area is 150 Å². The van der Waals surface area contributed by atoms with E-state index in [1.165, 1.54) is 11.8 Å². The van der Waals surface area contributed by atoms with Gasteiger partial charge in [-0.15, -0.1) is 10.2 Å². The number of aromatic nitrogens is 3. The van der Waals surface area contributed by atoms with Gasteiger partial charge in [0.1, 0.15) is 5.76 Å². The molecule has 130 valence electrons. The van der Waals surface area contributed by atoms with Gasteiger partial charge < -0.3 is 14.3 Å². The molecular formula is C18H20N4O2S. The molecule has 3 rings (SSSR count). The molecule has 0 spiro atoms. The fourth-order valence-corrected chi connectivity index (χ4v) is 3.21. The summed E-state index contributed by atoms with van der Waals surface area (Å²) >= 11 is 1.36. The third-order valence-electron chi connectivity index (χ3n) is 4.15. The number of nitrogens with zero attached hydrogens (tertiary/aromatic N) is 3. The van der Waals surface area contributed by atoms with E-state index in [-0.39, 0.29) is 11.7 Å². The molecule has 0 atom stereocenters. The molecule has 0 unspecified atom stereocenters. The highest BCUT2D eigenvalue weighted by atomic mass is 32.2. The van der Waals surface area contributed by atoms with Gasteiger partial charge in [-0.25, -0.2) is 0 Å². The van der Waals surface area contributed by atoms with Crippen LogP contribution >= 0.6 is 11.8 Å². The van der Waals surface area contributed by atoms with Crippen molar-refractivity contribution in [2.45, 2.75) is 25.9 Å². The molecule has 0 bridgehead atoms. The van der Waals surface area contributed by atoms with Gasteiger partial charge in [-0.2, -0.15) is 0 Å². The van der Waals surface area contributed by atoms with E-state index < -0.39 is 0 Å². The van der Waals surface area contributed by atoms with Crippen LogP contribution in [0.5, 0.6) is 0 Å². The van der Waals surface area contributed by atoms with Gasteiger partial charge in [0.25, 0.3) is 0 Å². The minimum absolute atomic E-state index is 0.0669. The Balaban J connectivity index is 1.66. The molecule has 1 amide bonds. The molecule has 25 heavy (non-hydrogen) atoms. The van der Waals surface area contributed by atoms with Crippen molar-refractivity contribution in [3.05, 3.63) is 47.4 Å². The number of benzene rings is 1. The lowest BCUT2D eigenvalue weighted by Crippen LogP contribution is -2.15. The third kappa shape index (κ3) is 3.61. The first-order chi connectivity index (χ1) is 12.0. The lowest BCUT2D eigenvalue weighted by Gasteiger charge is -2.10. The van der Waals surface area contributed by atoms with E-state index in [4.69, 9.17) is 4.42 Å². The van der Waals surface area contributed by atoms with Crippen LogP contribution in [-0.4, -0.2) is 26.4 Å². The quantitative estimate of drug-likeness (QED) is 0.705. The van der Waals surface area contributed by atoms with Crippen molar-refractivity contribution in [3.63, 3.8) is 0 Å². The monoisotopic (exact) mass is 356 g/mol. The second-order valence-corrected chi connectivity index (χ2v) is 6.78. The number of anilines is 1. The third-order valence-corrected chi connectivity index (χ3v) is 5.17. The van der Waals surface area contributed by atoms with E-state index in [9.17, 15) is 4.79 Å². The summed E-state index contributed by atoms with van der Waals surface area (Å²) in [6, 6.07) is 7.74. The van der Waals surface area contributed by atoms with Gasteiger partial charge in [-0.05, 0) is 44.0 Å². The summed E-state index contributed by atoms with van der Waals surface area (Å²) in [4.78, 5) is 12.2. The molecule has 0 aliphatic heterocycles. The smallest absolute Gasteiger partial charge is 0.234 e. The normalized spacial score (nSPS) is 10.9. The van der Waals surface area contributed by atoms with Crippen LogP contribution in [0.15, 0.2) is 40.1 Å². The number of hydrogen-bond donors (Lipinski definition) is 1. The zero-order valence-corrected chi connectivity index (χ0v) is 15.5. The van der Waals surface area contributed by atoms with Crippen molar-refractivity contribution in [1.82, 2.24) is 14.8 Å². The Bertz CT molecular complexity index is 914. The first-order valence-electron chi connectivity index (χ1n) is 7.90. The van der Waals surface area contributed by atoms with Crippen LogP contribution in [0.1, 0.15) is 16.9 Å². The second-order valence-electron chi connectivity index (χ2n) is 5.84. The minimum atomic E-state index is -0.0669. The Morgan fingerprint density at radius 1 is 1.24 bits per heavy atom. The van der Waals surface area contributed by atoms with Gasteiger partial charge in [0.2, 0.25) is 5.91 Å². The average molecular weight is 356 g/mol. The van der Waals surface area contributed by atoms with Crippen molar-refractivity contribution >= 4 is 23.4 Å². The second kappa shape index (κ2) is 7.14. The van der Waals surface area contributed by atoms with E-state index in [2.05, 4.69) is 15.5 Å². The van der Waals surface area contributed by atoms with E-state index in [1.54, 1.807) is 6.26 Å². The molecule has 3 aromatic rings. The largest absolute Gasteiger partial charge is 0.469 e. The number of aryl methyl sites for hydroxylation is 2. The lowest BCUT2D eigenvalue weighted by molar-refractivity contribution is -0.113. The summed E-state index contributed by atoms with van der Waals surface area (Å²) in [6.07, 6.45) is 1.63. The Kier molecular flexibility index (Phi) is 4.94. The topological polar surface area (TPSA) is 73.0 Å². The molecular weight excluding hydrogens is 336 g/mol. The minimum Gasteiger partial charge on any atom is -0.469 e.